The predicted molar refractivity (Wildman–Crippen MR) is 66.5 cm³/mol. The van der Waals surface area contributed by atoms with Crippen LogP contribution in [0.25, 0.3) is 0 Å². The zero-order chi connectivity index (χ0) is 13.0. The van der Waals surface area contributed by atoms with Gasteiger partial charge in [0.2, 0.25) is 11.9 Å². The van der Waals surface area contributed by atoms with E-state index in [4.69, 9.17) is 23.2 Å². The molecular formula is C9H15ClN6O. The minimum absolute atomic E-state index is 0.0144. The standard InChI is InChI=1S/C9H15ClN6O/c1-5(2)16(4-7(11)17)8-6(10)3-13-9(14-8)15-12/h3,5H,4,12H2,1-2H3,(H2,11,17)(H,13,14,15). The average molecular weight is 259 g/mol. The summed E-state index contributed by atoms with van der Waals surface area (Å²) in [5.41, 5.74) is 7.50. The number of primary amides is 1. The number of hydrazine groups is 1. The van der Waals surface area contributed by atoms with Gasteiger partial charge in [-0.2, -0.15) is 4.98 Å². The molecule has 94 valence electrons. The fraction of sp³-hybridized carbons (Fsp3) is 0.444. The van der Waals surface area contributed by atoms with Crippen LogP contribution in [0, 0.1) is 0 Å². The molecule has 0 bridgehead atoms. The molecular weight excluding hydrogens is 244 g/mol. The van der Waals surface area contributed by atoms with Gasteiger partial charge in [0, 0.05) is 6.04 Å². The maximum atomic E-state index is 11.0. The number of amides is 1. The molecule has 0 atom stereocenters. The maximum absolute atomic E-state index is 11.0. The first-order valence-electron chi connectivity index (χ1n) is 4.99. The summed E-state index contributed by atoms with van der Waals surface area (Å²) in [6.45, 7) is 3.83. The molecule has 0 radical (unpaired) electrons. The Bertz CT molecular complexity index is 410. The van der Waals surface area contributed by atoms with Crippen molar-refractivity contribution in [2.45, 2.75) is 19.9 Å². The number of nitrogens with two attached hydrogens (primary N) is 2. The van der Waals surface area contributed by atoms with Crippen molar-refractivity contribution in [3.63, 3.8) is 0 Å². The maximum Gasteiger partial charge on any atom is 0.239 e. The van der Waals surface area contributed by atoms with Crippen LogP contribution in [0.2, 0.25) is 5.02 Å². The summed E-state index contributed by atoms with van der Waals surface area (Å²) in [5, 5.41) is 0.332. The van der Waals surface area contributed by atoms with E-state index in [9.17, 15) is 4.79 Å². The van der Waals surface area contributed by atoms with Crippen LogP contribution in [0.5, 0.6) is 0 Å². The van der Waals surface area contributed by atoms with Crippen molar-refractivity contribution >= 4 is 29.3 Å². The second kappa shape index (κ2) is 5.65. The van der Waals surface area contributed by atoms with Crippen molar-refractivity contribution in [2.75, 3.05) is 16.9 Å². The van der Waals surface area contributed by atoms with E-state index in [0.29, 0.717) is 10.8 Å². The summed E-state index contributed by atoms with van der Waals surface area (Å²) in [4.78, 5) is 20.6. The van der Waals surface area contributed by atoms with Gasteiger partial charge >= 0.3 is 0 Å². The zero-order valence-corrected chi connectivity index (χ0v) is 10.4. The molecule has 7 nitrogen and oxygen atoms in total. The molecule has 1 rings (SSSR count). The molecule has 0 fully saturated rings. The summed E-state index contributed by atoms with van der Waals surface area (Å²) in [6.07, 6.45) is 1.41. The second-order valence-corrected chi connectivity index (χ2v) is 4.10. The van der Waals surface area contributed by atoms with E-state index in [1.165, 1.54) is 6.20 Å². The molecule has 0 aliphatic rings. The van der Waals surface area contributed by atoms with Crippen LogP contribution in [0.4, 0.5) is 11.8 Å². The zero-order valence-electron chi connectivity index (χ0n) is 9.64. The van der Waals surface area contributed by atoms with Gasteiger partial charge in [-0.25, -0.2) is 10.8 Å². The van der Waals surface area contributed by atoms with Crippen LogP contribution in [0.15, 0.2) is 6.20 Å². The van der Waals surface area contributed by atoms with Crippen LogP contribution in [-0.4, -0.2) is 28.5 Å². The van der Waals surface area contributed by atoms with Crippen molar-refractivity contribution in [3.8, 4) is 0 Å². The molecule has 0 aliphatic heterocycles. The van der Waals surface area contributed by atoms with Gasteiger partial charge in [-0.05, 0) is 13.8 Å². The third-order valence-corrected chi connectivity index (χ3v) is 2.34. The van der Waals surface area contributed by atoms with Crippen LogP contribution < -0.4 is 21.9 Å². The van der Waals surface area contributed by atoms with Crippen molar-refractivity contribution in [1.82, 2.24) is 9.97 Å². The quantitative estimate of drug-likeness (QED) is 0.511. The lowest BCUT2D eigenvalue weighted by Gasteiger charge is -2.27. The van der Waals surface area contributed by atoms with Gasteiger partial charge in [0.15, 0.2) is 5.82 Å². The molecule has 0 saturated carbocycles. The van der Waals surface area contributed by atoms with E-state index in [0.717, 1.165) is 0 Å². The van der Waals surface area contributed by atoms with Crippen molar-refractivity contribution in [2.24, 2.45) is 11.6 Å². The van der Waals surface area contributed by atoms with Gasteiger partial charge in [0.25, 0.3) is 0 Å². The third-order valence-electron chi connectivity index (χ3n) is 2.08. The Hall–Kier alpha value is -1.60. The van der Waals surface area contributed by atoms with Gasteiger partial charge in [-0.15, -0.1) is 0 Å². The Morgan fingerprint density at radius 1 is 1.65 bits per heavy atom. The molecule has 0 aliphatic carbocycles. The summed E-state index contributed by atoms with van der Waals surface area (Å²) in [6, 6.07) is 0.0144. The minimum atomic E-state index is -0.462. The Kier molecular flexibility index (Phi) is 4.47. The van der Waals surface area contributed by atoms with Crippen LogP contribution in [0.1, 0.15) is 13.8 Å². The van der Waals surface area contributed by atoms with Gasteiger partial charge in [-0.1, -0.05) is 11.6 Å². The van der Waals surface area contributed by atoms with Gasteiger partial charge < -0.3 is 10.6 Å². The number of hydrogen-bond acceptors (Lipinski definition) is 6. The highest BCUT2D eigenvalue weighted by Crippen LogP contribution is 2.24. The normalized spacial score (nSPS) is 10.4. The highest BCUT2D eigenvalue weighted by molar-refractivity contribution is 6.32. The lowest BCUT2D eigenvalue weighted by molar-refractivity contribution is -0.116. The molecule has 0 aromatic carbocycles. The van der Waals surface area contributed by atoms with E-state index in [1.807, 2.05) is 13.8 Å². The first-order valence-corrected chi connectivity index (χ1v) is 5.37. The number of carbonyl (C=O) groups excluding carboxylic acids is 1. The Labute approximate surface area is 104 Å². The van der Waals surface area contributed by atoms with E-state index >= 15 is 0 Å². The SMILES string of the molecule is CC(C)N(CC(N)=O)c1nc(NN)ncc1Cl. The van der Waals surface area contributed by atoms with Crippen molar-refractivity contribution in [3.05, 3.63) is 11.2 Å². The second-order valence-electron chi connectivity index (χ2n) is 3.70. The molecule has 8 heteroatoms. The smallest absolute Gasteiger partial charge is 0.239 e. The van der Waals surface area contributed by atoms with E-state index in [2.05, 4.69) is 15.4 Å². The lowest BCUT2D eigenvalue weighted by atomic mass is 10.3. The number of nitrogens with zero attached hydrogens (tertiary/aromatic N) is 3. The first-order chi connectivity index (χ1) is 7.95. The van der Waals surface area contributed by atoms with Crippen LogP contribution in [0.3, 0.4) is 0 Å². The number of halogens is 1. The fourth-order valence-electron chi connectivity index (χ4n) is 1.30. The number of nitrogen functional groups attached to an aromatic ring is 1. The molecule has 1 aromatic rings. The Morgan fingerprint density at radius 3 is 2.76 bits per heavy atom. The van der Waals surface area contributed by atoms with E-state index < -0.39 is 5.91 Å². The summed E-state index contributed by atoms with van der Waals surface area (Å²) in [7, 11) is 0. The lowest BCUT2D eigenvalue weighted by Crippen LogP contribution is -2.39. The van der Waals surface area contributed by atoms with Gasteiger partial charge in [-0.3, -0.25) is 10.2 Å². The molecule has 1 heterocycles. The highest BCUT2D eigenvalue weighted by Gasteiger charge is 2.18. The summed E-state index contributed by atoms with van der Waals surface area (Å²) in [5.74, 6) is 5.40. The summed E-state index contributed by atoms with van der Waals surface area (Å²) < 4.78 is 0. The molecule has 0 saturated heterocycles. The molecule has 5 N–H and O–H groups in total. The van der Waals surface area contributed by atoms with Crippen LogP contribution >= 0.6 is 11.6 Å². The number of anilines is 2. The predicted octanol–water partition coefficient (Wildman–Crippen LogP) is 0.116. The number of carbonyl (C=O) groups is 1. The largest absolute Gasteiger partial charge is 0.368 e. The number of nitrogens with one attached hydrogen (secondary N) is 1. The average Bonchev–Trinajstić information content (AvgIpc) is 2.26. The fourth-order valence-corrected chi connectivity index (χ4v) is 1.50. The van der Waals surface area contributed by atoms with Crippen molar-refractivity contribution in [1.29, 1.82) is 0 Å². The molecule has 1 aromatic heterocycles. The van der Waals surface area contributed by atoms with E-state index in [-0.39, 0.29) is 18.5 Å². The molecule has 1 amide bonds. The minimum Gasteiger partial charge on any atom is -0.368 e. The highest BCUT2D eigenvalue weighted by atomic mass is 35.5. The monoisotopic (exact) mass is 258 g/mol. The molecule has 17 heavy (non-hydrogen) atoms. The third kappa shape index (κ3) is 3.43. The number of hydrogen-bond donors (Lipinski definition) is 3. The Balaban J connectivity index is 3.12. The topological polar surface area (TPSA) is 110 Å². The van der Waals surface area contributed by atoms with Crippen LogP contribution in [-0.2, 0) is 4.79 Å². The van der Waals surface area contributed by atoms with Gasteiger partial charge in [0.05, 0.1) is 12.7 Å². The number of aromatic nitrogens is 2. The molecule has 0 unspecified atom stereocenters. The summed E-state index contributed by atoms with van der Waals surface area (Å²) >= 11 is 5.99. The van der Waals surface area contributed by atoms with Gasteiger partial charge in [0.1, 0.15) is 5.02 Å². The first kappa shape index (κ1) is 13.5. The number of rotatable bonds is 5. The van der Waals surface area contributed by atoms with Crippen molar-refractivity contribution < 1.29 is 4.79 Å². The molecule has 0 spiro atoms. The Morgan fingerprint density at radius 2 is 2.29 bits per heavy atom. The van der Waals surface area contributed by atoms with E-state index in [1.54, 1.807) is 4.90 Å².